The number of ether oxygens (including phenoxy) is 1. The van der Waals surface area contributed by atoms with E-state index in [0.717, 1.165) is 58.3 Å². The molecular formula is C29H37N3O4. The molecule has 3 N–H and O–H groups in total. The second-order valence-electron chi connectivity index (χ2n) is 9.44. The number of hydrogen-bond donors (Lipinski definition) is 3. The van der Waals surface area contributed by atoms with E-state index in [-0.39, 0.29) is 24.0 Å². The predicted octanol–water partition coefficient (Wildman–Crippen LogP) is 4.68. The summed E-state index contributed by atoms with van der Waals surface area (Å²) in [7, 11) is 1.61. The summed E-state index contributed by atoms with van der Waals surface area (Å²) in [5, 5.41) is 6.86. The molecule has 2 amide bonds. The predicted molar refractivity (Wildman–Crippen MR) is 142 cm³/mol. The number of hydrogen-bond acceptors (Lipinski definition) is 4. The Morgan fingerprint density at radius 2 is 1.75 bits per heavy atom. The van der Waals surface area contributed by atoms with Gasteiger partial charge >= 0.3 is 0 Å². The van der Waals surface area contributed by atoms with E-state index in [1.165, 1.54) is 0 Å². The van der Waals surface area contributed by atoms with Crippen molar-refractivity contribution in [1.82, 2.24) is 15.6 Å². The molecule has 0 bridgehead atoms. The fraction of sp³-hybridized carbons (Fsp3) is 0.414. The number of ketones is 1. The van der Waals surface area contributed by atoms with Crippen molar-refractivity contribution in [2.75, 3.05) is 7.11 Å². The SMILES string of the molecule is COc1ccc2[nH]c(C)c(CC(=O)N[C@@H](CCCCCC(C)=O)C(=O)NCc3ccc(C)cc3)c2c1. The number of aryl methyl sites for hydroxylation is 2. The third-order valence-electron chi connectivity index (χ3n) is 6.42. The monoisotopic (exact) mass is 491 g/mol. The highest BCUT2D eigenvalue weighted by Gasteiger charge is 2.22. The van der Waals surface area contributed by atoms with E-state index < -0.39 is 6.04 Å². The van der Waals surface area contributed by atoms with Crippen LogP contribution in [0.5, 0.6) is 5.75 Å². The molecular weight excluding hydrogens is 454 g/mol. The van der Waals surface area contributed by atoms with Gasteiger partial charge in [0.25, 0.3) is 0 Å². The van der Waals surface area contributed by atoms with E-state index in [1.54, 1.807) is 14.0 Å². The molecule has 0 spiro atoms. The van der Waals surface area contributed by atoms with Crippen molar-refractivity contribution in [3.63, 3.8) is 0 Å². The number of unbranched alkanes of at least 4 members (excludes halogenated alkanes) is 2. The van der Waals surface area contributed by atoms with Crippen LogP contribution in [0.1, 0.15) is 61.4 Å². The van der Waals surface area contributed by atoms with Crippen molar-refractivity contribution >= 4 is 28.5 Å². The number of H-pyrrole nitrogens is 1. The fourth-order valence-electron chi connectivity index (χ4n) is 4.31. The van der Waals surface area contributed by atoms with Gasteiger partial charge in [0.05, 0.1) is 13.5 Å². The minimum absolute atomic E-state index is 0.158. The normalized spacial score (nSPS) is 11.8. The van der Waals surface area contributed by atoms with Gasteiger partial charge in [-0.2, -0.15) is 0 Å². The standard InChI is InChI=1S/C29H37N3O4/c1-19-10-12-22(13-11-19)18-30-29(35)27(9-7-5-6-8-20(2)33)32-28(34)17-24-21(3)31-26-15-14-23(36-4)16-25(24)26/h10-16,27,31H,5-9,17-18H2,1-4H3,(H,30,35)(H,32,34)/t27-/m0/s1. The molecule has 0 saturated carbocycles. The third kappa shape index (κ3) is 7.70. The Morgan fingerprint density at radius 1 is 1.00 bits per heavy atom. The van der Waals surface area contributed by atoms with Gasteiger partial charge in [0, 0.05) is 29.6 Å². The highest BCUT2D eigenvalue weighted by Crippen LogP contribution is 2.26. The minimum Gasteiger partial charge on any atom is -0.497 e. The number of fused-ring (bicyclic) bond motifs is 1. The molecule has 0 aliphatic carbocycles. The zero-order valence-corrected chi connectivity index (χ0v) is 21.7. The molecule has 3 rings (SSSR count). The summed E-state index contributed by atoms with van der Waals surface area (Å²) in [5.74, 6) is 0.484. The van der Waals surface area contributed by atoms with Gasteiger partial charge in [-0.1, -0.05) is 42.7 Å². The van der Waals surface area contributed by atoms with Crippen molar-refractivity contribution in [2.24, 2.45) is 0 Å². The van der Waals surface area contributed by atoms with E-state index in [0.29, 0.717) is 19.4 Å². The van der Waals surface area contributed by atoms with Crippen molar-refractivity contribution in [1.29, 1.82) is 0 Å². The molecule has 1 atom stereocenters. The lowest BCUT2D eigenvalue weighted by Gasteiger charge is -2.19. The van der Waals surface area contributed by atoms with Crippen molar-refractivity contribution < 1.29 is 19.1 Å². The van der Waals surface area contributed by atoms with E-state index in [9.17, 15) is 14.4 Å². The fourth-order valence-corrected chi connectivity index (χ4v) is 4.31. The van der Waals surface area contributed by atoms with Crippen LogP contribution < -0.4 is 15.4 Å². The van der Waals surface area contributed by atoms with Crippen molar-refractivity contribution in [3.8, 4) is 5.75 Å². The van der Waals surface area contributed by atoms with Crippen LogP contribution in [0, 0.1) is 13.8 Å². The molecule has 0 unspecified atom stereocenters. The van der Waals surface area contributed by atoms with Crippen LogP contribution in [-0.2, 0) is 27.3 Å². The van der Waals surface area contributed by atoms with Gasteiger partial charge in [0.1, 0.15) is 17.6 Å². The average Bonchev–Trinajstić information content (AvgIpc) is 3.16. The van der Waals surface area contributed by atoms with Crippen molar-refractivity contribution in [2.45, 2.75) is 71.9 Å². The molecule has 0 fully saturated rings. The summed E-state index contributed by atoms with van der Waals surface area (Å²) in [6, 6.07) is 13.1. The van der Waals surface area contributed by atoms with E-state index >= 15 is 0 Å². The van der Waals surface area contributed by atoms with E-state index in [1.807, 2.05) is 56.3 Å². The molecule has 0 aliphatic rings. The molecule has 7 nitrogen and oxygen atoms in total. The maximum absolute atomic E-state index is 13.1. The number of nitrogens with one attached hydrogen (secondary N) is 3. The van der Waals surface area contributed by atoms with Crippen LogP contribution in [0.4, 0.5) is 0 Å². The lowest BCUT2D eigenvalue weighted by Crippen LogP contribution is -2.47. The van der Waals surface area contributed by atoms with Gasteiger partial charge in [0.2, 0.25) is 11.8 Å². The number of aromatic nitrogens is 1. The molecule has 3 aromatic rings. The summed E-state index contributed by atoms with van der Waals surface area (Å²) in [6.45, 7) is 5.95. The number of benzene rings is 2. The zero-order chi connectivity index (χ0) is 26.1. The Bertz CT molecular complexity index is 1200. The second kappa shape index (κ2) is 12.9. The Balaban J connectivity index is 1.66. The number of rotatable bonds is 13. The van der Waals surface area contributed by atoms with Crippen LogP contribution in [0.3, 0.4) is 0 Å². The molecule has 1 heterocycles. The first-order valence-corrected chi connectivity index (χ1v) is 12.5. The smallest absolute Gasteiger partial charge is 0.242 e. The number of methoxy groups -OCH3 is 1. The molecule has 36 heavy (non-hydrogen) atoms. The third-order valence-corrected chi connectivity index (χ3v) is 6.42. The summed E-state index contributed by atoms with van der Waals surface area (Å²) in [5.41, 5.74) is 4.91. The topological polar surface area (TPSA) is 100 Å². The van der Waals surface area contributed by atoms with E-state index in [2.05, 4.69) is 15.6 Å². The number of Topliss-reactive ketones (excluding diaryl/α,β-unsaturated/α-hetero) is 1. The first-order chi connectivity index (χ1) is 17.3. The van der Waals surface area contributed by atoms with Crippen LogP contribution >= 0.6 is 0 Å². The number of carbonyl (C=O) groups excluding carboxylic acids is 3. The molecule has 0 aliphatic heterocycles. The summed E-state index contributed by atoms with van der Waals surface area (Å²) >= 11 is 0. The summed E-state index contributed by atoms with van der Waals surface area (Å²) in [4.78, 5) is 40.7. The van der Waals surface area contributed by atoms with Crippen LogP contribution in [-0.4, -0.2) is 35.7 Å². The molecule has 0 radical (unpaired) electrons. The van der Waals surface area contributed by atoms with E-state index in [4.69, 9.17) is 4.74 Å². The lowest BCUT2D eigenvalue weighted by atomic mass is 10.0. The van der Waals surface area contributed by atoms with Gasteiger partial charge in [-0.15, -0.1) is 0 Å². The number of amides is 2. The molecule has 1 aromatic heterocycles. The van der Waals surface area contributed by atoms with Crippen LogP contribution in [0.25, 0.3) is 10.9 Å². The molecule has 192 valence electrons. The van der Waals surface area contributed by atoms with Gasteiger partial charge < -0.3 is 25.1 Å². The Kier molecular flexibility index (Phi) is 9.68. The van der Waals surface area contributed by atoms with Crippen LogP contribution in [0.2, 0.25) is 0 Å². The van der Waals surface area contributed by atoms with Gasteiger partial charge in [-0.05, 0) is 62.9 Å². The van der Waals surface area contributed by atoms with Gasteiger partial charge in [-0.25, -0.2) is 0 Å². The van der Waals surface area contributed by atoms with Crippen LogP contribution in [0.15, 0.2) is 42.5 Å². The first kappa shape index (κ1) is 27.0. The Labute approximate surface area is 213 Å². The second-order valence-corrected chi connectivity index (χ2v) is 9.44. The van der Waals surface area contributed by atoms with Crippen molar-refractivity contribution in [3.05, 3.63) is 64.8 Å². The molecule has 0 saturated heterocycles. The summed E-state index contributed by atoms with van der Waals surface area (Å²) < 4.78 is 5.35. The highest BCUT2D eigenvalue weighted by atomic mass is 16.5. The highest BCUT2D eigenvalue weighted by molar-refractivity contribution is 5.93. The van der Waals surface area contributed by atoms with Gasteiger partial charge in [-0.3, -0.25) is 9.59 Å². The summed E-state index contributed by atoms with van der Waals surface area (Å²) in [6.07, 6.45) is 3.59. The zero-order valence-electron chi connectivity index (χ0n) is 21.7. The minimum atomic E-state index is -0.639. The quantitative estimate of drug-likeness (QED) is 0.302. The number of aromatic amines is 1. The largest absolute Gasteiger partial charge is 0.497 e. The first-order valence-electron chi connectivity index (χ1n) is 12.5. The Morgan fingerprint density at radius 3 is 2.44 bits per heavy atom. The average molecular weight is 492 g/mol. The maximum Gasteiger partial charge on any atom is 0.242 e. The maximum atomic E-state index is 13.1. The molecule has 2 aromatic carbocycles. The lowest BCUT2D eigenvalue weighted by molar-refractivity contribution is -0.129. The Hall–Kier alpha value is -3.61. The number of carbonyl (C=O) groups is 3. The molecule has 7 heteroatoms. The van der Waals surface area contributed by atoms with Gasteiger partial charge in [0.15, 0.2) is 0 Å².